The number of hydrogen-bond donors (Lipinski definition) is 0. The summed E-state index contributed by atoms with van der Waals surface area (Å²) in [5.74, 6) is 0. The monoisotopic (exact) mass is 241 g/mol. The SMILES string of the molecule is CC(C)(C)OC(=O)N1CC[C@@]2(CCCOC2)C1. The number of likely N-dealkylation sites (tertiary alicyclic amines) is 1. The van der Waals surface area contributed by atoms with Crippen LogP contribution >= 0.6 is 0 Å². The Labute approximate surface area is 103 Å². The van der Waals surface area contributed by atoms with Crippen LogP contribution in [0.2, 0.25) is 0 Å². The zero-order valence-corrected chi connectivity index (χ0v) is 11.1. The Morgan fingerprint density at radius 2 is 2.12 bits per heavy atom. The predicted octanol–water partition coefficient (Wildman–Crippen LogP) is 2.42. The van der Waals surface area contributed by atoms with Crippen LogP contribution in [0.4, 0.5) is 4.79 Å². The van der Waals surface area contributed by atoms with Gasteiger partial charge in [-0.15, -0.1) is 0 Å². The Kier molecular flexibility index (Phi) is 3.34. The molecule has 4 heteroatoms. The van der Waals surface area contributed by atoms with E-state index < -0.39 is 5.60 Å². The summed E-state index contributed by atoms with van der Waals surface area (Å²) in [5, 5.41) is 0. The first kappa shape index (κ1) is 12.7. The minimum atomic E-state index is -0.407. The summed E-state index contributed by atoms with van der Waals surface area (Å²) >= 11 is 0. The van der Waals surface area contributed by atoms with Crippen LogP contribution in [0.1, 0.15) is 40.0 Å². The maximum atomic E-state index is 11.9. The van der Waals surface area contributed by atoms with Crippen molar-refractivity contribution in [2.75, 3.05) is 26.3 Å². The van der Waals surface area contributed by atoms with Crippen molar-refractivity contribution in [2.24, 2.45) is 5.41 Å². The second-order valence-corrected chi connectivity index (χ2v) is 6.31. The molecule has 4 nitrogen and oxygen atoms in total. The highest BCUT2D eigenvalue weighted by Gasteiger charge is 2.42. The maximum absolute atomic E-state index is 11.9. The van der Waals surface area contributed by atoms with Gasteiger partial charge in [0, 0.05) is 25.1 Å². The van der Waals surface area contributed by atoms with Crippen LogP contribution in [-0.2, 0) is 9.47 Å². The zero-order chi connectivity index (χ0) is 12.5. The lowest BCUT2D eigenvalue weighted by Crippen LogP contribution is -2.39. The normalized spacial score (nSPS) is 29.7. The summed E-state index contributed by atoms with van der Waals surface area (Å²) in [5.41, 5.74) is -0.203. The first-order valence-corrected chi connectivity index (χ1v) is 6.46. The van der Waals surface area contributed by atoms with Gasteiger partial charge in [-0.25, -0.2) is 4.79 Å². The molecule has 17 heavy (non-hydrogen) atoms. The van der Waals surface area contributed by atoms with E-state index in [-0.39, 0.29) is 11.5 Å². The van der Waals surface area contributed by atoms with Crippen LogP contribution in [0.3, 0.4) is 0 Å². The van der Waals surface area contributed by atoms with Crippen molar-refractivity contribution in [3.05, 3.63) is 0 Å². The van der Waals surface area contributed by atoms with Crippen LogP contribution < -0.4 is 0 Å². The van der Waals surface area contributed by atoms with Crippen LogP contribution in [0.5, 0.6) is 0 Å². The van der Waals surface area contributed by atoms with Crippen molar-refractivity contribution in [3.8, 4) is 0 Å². The van der Waals surface area contributed by atoms with Gasteiger partial charge >= 0.3 is 6.09 Å². The standard InChI is InChI=1S/C13H23NO3/c1-12(2,3)17-11(15)14-7-6-13(9-14)5-4-8-16-10-13/h4-10H2,1-3H3/t13-/m0/s1. The Hall–Kier alpha value is -0.770. The highest BCUT2D eigenvalue weighted by Crippen LogP contribution is 2.38. The summed E-state index contributed by atoms with van der Waals surface area (Å²) in [7, 11) is 0. The van der Waals surface area contributed by atoms with Crippen molar-refractivity contribution >= 4 is 6.09 Å². The lowest BCUT2D eigenvalue weighted by atomic mass is 9.82. The number of hydrogen-bond acceptors (Lipinski definition) is 3. The Morgan fingerprint density at radius 3 is 2.71 bits per heavy atom. The summed E-state index contributed by atoms with van der Waals surface area (Å²) in [6.07, 6.45) is 3.15. The zero-order valence-electron chi connectivity index (χ0n) is 11.1. The van der Waals surface area contributed by atoms with E-state index in [0.717, 1.165) is 39.1 Å². The molecule has 2 aliphatic rings. The molecule has 1 amide bonds. The van der Waals surface area contributed by atoms with E-state index >= 15 is 0 Å². The molecule has 98 valence electrons. The van der Waals surface area contributed by atoms with Gasteiger partial charge in [-0.05, 0) is 40.0 Å². The van der Waals surface area contributed by atoms with E-state index in [1.165, 1.54) is 6.42 Å². The average molecular weight is 241 g/mol. The van der Waals surface area contributed by atoms with Gasteiger partial charge in [-0.3, -0.25) is 0 Å². The maximum Gasteiger partial charge on any atom is 0.410 e. The fourth-order valence-electron chi connectivity index (χ4n) is 2.65. The molecule has 2 rings (SSSR count). The van der Waals surface area contributed by atoms with Crippen LogP contribution in [0.25, 0.3) is 0 Å². The molecular formula is C13H23NO3. The molecule has 0 aliphatic carbocycles. The second kappa shape index (κ2) is 4.48. The third-order valence-corrected chi connectivity index (χ3v) is 3.49. The third-order valence-electron chi connectivity index (χ3n) is 3.49. The van der Waals surface area contributed by atoms with Crippen molar-refractivity contribution in [1.29, 1.82) is 0 Å². The van der Waals surface area contributed by atoms with Gasteiger partial charge in [0.1, 0.15) is 5.60 Å². The number of carbonyl (C=O) groups excluding carboxylic acids is 1. The van der Waals surface area contributed by atoms with Gasteiger partial charge in [0.05, 0.1) is 6.61 Å². The molecule has 2 heterocycles. The fraction of sp³-hybridized carbons (Fsp3) is 0.923. The van der Waals surface area contributed by atoms with Crippen LogP contribution in [0, 0.1) is 5.41 Å². The van der Waals surface area contributed by atoms with Gasteiger partial charge in [0.25, 0.3) is 0 Å². The Morgan fingerprint density at radius 1 is 1.35 bits per heavy atom. The molecule has 0 bridgehead atoms. The molecule has 0 aromatic heterocycles. The molecule has 2 saturated heterocycles. The highest BCUT2D eigenvalue weighted by atomic mass is 16.6. The molecule has 2 aliphatic heterocycles. The van der Waals surface area contributed by atoms with Crippen LogP contribution in [-0.4, -0.2) is 42.9 Å². The summed E-state index contributed by atoms with van der Waals surface area (Å²) in [6.45, 7) is 8.97. The average Bonchev–Trinajstić information content (AvgIpc) is 2.61. The predicted molar refractivity (Wildman–Crippen MR) is 64.9 cm³/mol. The Bertz CT molecular complexity index is 290. The van der Waals surface area contributed by atoms with Gasteiger partial charge in [-0.1, -0.05) is 0 Å². The molecule has 2 fully saturated rings. The van der Waals surface area contributed by atoms with Gasteiger partial charge in [0.15, 0.2) is 0 Å². The Balaban J connectivity index is 1.91. The first-order chi connectivity index (χ1) is 7.90. The summed E-state index contributed by atoms with van der Waals surface area (Å²) in [6, 6.07) is 0. The molecule has 0 radical (unpaired) electrons. The van der Waals surface area contributed by atoms with Crippen molar-refractivity contribution < 1.29 is 14.3 Å². The number of carbonyl (C=O) groups is 1. The molecule has 0 aromatic carbocycles. The van der Waals surface area contributed by atoms with Crippen molar-refractivity contribution in [2.45, 2.75) is 45.6 Å². The third kappa shape index (κ3) is 3.12. The molecule has 1 spiro atoms. The van der Waals surface area contributed by atoms with E-state index in [4.69, 9.17) is 9.47 Å². The fourth-order valence-corrected chi connectivity index (χ4v) is 2.65. The second-order valence-electron chi connectivity index (χ2n) is 6.31. The van der Waals surface area contributed by atoms with Crippen molar-refractivity contribution in [3.63, 3.8) is 0 Å². The summed E-state index contributed by atoms with van der Waals surface area (Å²) in [4.78, 5) is 13.8. The quantitative estimate of drug-likeness (QED) is 0.654. The lowest BCUT2D eigenvalue weighted by Gasteiger charge is -2.33. The van der Waals surface area contributed by atoms with Gasteiger partial charge in [-0.2, -0.15) is 0 Å². The smallest absolute Gasteiger partial charge is 0.410 e. The van der Waals surface area contributed by atoms with Gasteiger partial charge < -0.3 is 14.4 Å². The van der Waals surface area contributed by atoms with E-state index in [0.29, 0.717) is 0 Å². The van der Waals surface area contributed by atoms with E-state index in [9.17, 15) is 4.79 Å². The number of amides is 1. The van der Waals surface area contributed by atoms with Crippen LogP contribution in [0.15, 0.2) is 0 Å². The highest BCUT2D eigenvalue weighted by molar-refractivity contribution is 5.68. The van der Waals surface area contributed by atoms with E-state index in [1.807, 2.05) is 25.7 Å². The summed E-state index contributed by atoms with van der Waals surface area (Å²) < 4.78 is 11.0. The van der Waals surface area contributed by atoms with Gasteiger partial charge in [0.2, 0.25) is 0 Å². The largest absolute Gasteiger partial charge is 0.444 e. The van der Waals surface area contributed by atoms with Crippen molar-refractivity contribution in [1.82, 2.24) is 4.90 Å². The molecule has 0 aromatic rings. The first-order valence-electron chi connectivity index (χ1n) is 6.46. The van der Waals surface area contributed by atoms with E-state index in [2.05, 4.69) is 0 Å². The lowest BCUT2D eigenvalue weighted by molar-refractivity contribution is -0.00741. The molecule has 0 N–H and O–H groups in total. The number of ether oxygens (including phenoxy) is 2. The molecule has 0 unspecified atom stereocenters. The molecule has 0 saturated carbocycles. The number of nitrogens with zero attached hydrogens (tertiary/aromatic N) is 1. The molecular weight excluding hydrogens is 218 g/mol. The number of rotatable bonds is 0. The minimum absolute atomic E-state index is 0.181. The minimum Gasteiger partial charge on any atom is -0.444 e. The van der Waals surface area contributed by atoms with E-state index in [1.54, 1.807) is 0 Å². The topological polar surface area (TPSA) is 38.8 Å². The molecule has 1 atom stereocenters.